The van der Waals surface area contributed by atoms with E-state index in [1.165, 1.54) is 0 Å². The highest BCUT2D eigenvalue weighted by Crippen LogP contribution is 2.34. The summed E-state index contributed by atoms with van der Waals surface area (Å²) >= 11 is 12.3. The number of rotatable bonds is 3. The van der Waals surface area contributed by atoms with Gasteiger partial charge >= 0.3 is 0 Å². The summed E-state index contributed by atoms with van der Waals surface area (Å²) in [4.78, 5) is 17.1. The molecule has 4 aromatic rings. The Morgan fingerprint density at radius 2 is 1.61 bits per heavy atom. The second kappa shape index (κ2) is 9.00. The fourth-order valence-electron chi connectivity index (χ4n) is 4.38. The van der Waals surface area contributed by atoms with E-state index < -0.39 is 0 Å². The van der Waals surface area contributed by atoms with Crippen LogP contribution in [0.3, 0.4) is 0 Å². The minimum atomic E-state index is 0.0433. The molecular formula is C26H22Cl2N4O. The lowest BCUT2D eigenvalue weighted by atomic mass is 10.0. The number of fused-ring (bicyclic) bond motifs is 1. The zero-order valence-electron chi connectivity index (χ0n) is 18.1. The normalized spacial score (nSPS) is 16.3. The maximum Gasteiger partial charge on any atom is 0.254 e. The third-order valence-corrected chi connectivity index (χ3v) is 6.81. The summed E-state index contributed by atoms with van der Waals surface area (Å²) < 4.78 is 0. The van der Waals surface area contributed by atoms with Gasteiger partial charge in [0.05, 0.1) is 10.0 Å². The highest BCUT2D eigenvalue weighted by atomic mass is 35.5. The fraction of sp³-hybridized carbons (Fsp3) is 0.192. The molecule has 1 atom stereocenters. The van der Waals surface area contributed by atoms with Crippen LogP contribution in [0, 0.1) is 0 Å². The Morgan fingerprint density at radius 3 is 2.33 bits per heavy atom. The van der Waals surface area contributed by atoms with Crippen LogP contribution in [-0.4, -0.2) is 46.7 Å². The highest BCUT2D eigenvalue weighted by Gasteiger charge is 2.30. The lowest BCUT2D eigenvalue weighted by Gasteiger charge is -2.40. The Balaban J connectivity index is 1.45. The lowest BCUT2D eigenvalue weighted by Crippen LogP contribution is -2.54. The molecule has 1 amide bonds. The van der Waals surface area contributed by atoms with Crippen molar-refractivity contribution in [3.8, 4) is 11.3 Å². The van der Waals surface area contributed by atoms with E-state index in [2.05, 4.69) is 28.1 Å². The first-order valence-corrected chi connectivity index (χ1v) is 11.6. The Bertz CT molecular complexity index is 1330. The zero-order chi connectivity index (χ0) is 22.9. The van der Waals surface area contributed by atoms with Gasteiger partial charge in [-0.3, -0.25) is 4.79 Å². The van der Waals surface area contributed by atoms with E-state index in [1.54, 1.807) is 6.07 Å². The number of carbonyl (C=O) groups excluding carboxylic acids is 1. The van der Waals surface area contributed by atoms with Crippen LogP contribution < -0.4 is 4.90 Å². The van der Waals surface area contributed by atoms with Crippen molar-refractivity contribution < 1.29 is 4.79 Å². The van der Waals surface area contributed by atoms with Crippen molar-refractivity contribution in [3.63, 3.8) is 0 Å². The molecule has 33 heavy (non-hydrogen) atoms. The van der Waals surface area contributed by atoms with Gasteiger partial charge in [-0.2, -0.15) is 0 Å². The third-order valence-electron chi connectivity index (χ3n) is 6.07. The van der Waals surface area contributed by atoms with Gasteiger partial charge in [0.1, 0.15) is 5.69 Å². The minimum Gasteiger partial charge on any atom is -0.351 e. The minimum absolute atomic E-state index is 0.0433. The van der Waals surface area contributed by atoms with Crippen molar-refractivity contribution in [1.82, 2.24) is 15.1 Å². The second-order valence-corrected chi connectivity index (χ2v) is 9.02. The van der Waals surface area contributed by atoms with Gasteiger partial charge in [-0.05, 0) is 31.2 Å². The molecule has 0 bridgehead atoms. The molecule has 166 valence electrons. The van der Waals surface area contributed by atoms with E-state index in [9.17, 15) is 4.79 Å². The quantitative estimate of drug-likeness (QED) is 0.366. The molecule has 0 unspecified atom stereocenters. The fourth-order valence-corrected chi connectivity index (χ4v) is 4.68. The number of carbonyl (C=O) groups is 1. The van der Waals surface area contributed by atoms with Gasteiger partial charge in [-0.25, -0.2) is 0 Å². The van der Waals surface area contributed by atoms with E-state index >= 15 is 0 Å². The van der Waals surface area contributed by atoms with E-state index in [-0.39, 0.29) is 11.9 Å². The number of hydrogen-bond donors (Lipinski definition) is 0. The van der Waals surface area contributed by atoms with E-state index in [4.69, 9.17) is 23.2 Å². The Kier molecular flexibility index (Phi) is 5.92. The Labute approximate surface area is 202 Å². The first kappa shape index (κ1) is 21.7. The maximum atomic E-state index is 13.0. The molecule has 5 rings (SSSR count). The summed E-state index contributed by atoms with van der Waals surface area (Å²) in [6, 6.07) is 23.1. The first-order valence-electron chi connectivity index (χ1n) is 10.8. The number of anilines is 1. The van der Waals surface area contributed by atoms with Gasteiger partial charge in [-0.1, -0.05) is 71.7 Å². The van der Waals surface area contributed by atoms with E-state index in [0.29, 0.717) is 35.2 Å². The predicted molar refractivity (Wildman–Crippen MR) is 134 cm³/mol. The molecule has 2 heterocycles. The summed E-state index contributed by atoms with van der Waals surface area (Å²) in [6.45, 7) is 4.07. The van der Waals surface area contributed by atoms with Crippen LogP contribution in [-0.2, 0) is 0 Å². The van der Waals surface area contributed by atoms with Crippen molar-refractivity contribution in [2.45, 2.75) is 13.0 Å². The Morgan fingerprint density at radius 1 is 0.879 bits per heavy atom. The zero-order valence-corrected chi connectivity index (χ0v) is 19.6. The van der Waals surface area contributed by atoms with Crippen LogP contribution in [0.5, 0.6) is 0 Å². The van der Waals surface area contributed by atoms with Gasteiger partial charge < -0.3 is 9.80 Å². The van der Waals surface area contributed by atoms with Crippen LogP contribution in [0.1, 0.15) is 17.3 Å². The molecule has 1 saturated heterocycles. The van der Waals surface area contributed by atoms with Gasteiger partial charge in [0, 0.05) is 47.6 Å². The van der Waals surface area contributed by atoms with Gasteiger partial charge in [0.25, 0.3) is 5.91 Å². The molecule has 0 saturated carbocycles. The van der Waals surface area contributed by atoms with Crippen LogP contribution in [0.2, 0.25) is 10.0 Å². The van der Waals surface area contributed by atoms with Gasteiger partial charge in [0.2, 0.25) is 0 Å². The SMILES string of the molecule is C[C@H]1CN(c2nnc(-c3ccc(Cl)c(Cl)c3)c3ccccc23)CCN1C(=O)c1ccccc1. The van der Waals surface area contributed by atoms with Crippen molar-refractivity contribution in [2.75, 3.05) is 24.5 Å². The molecule has 1 aromatic heterocycles. The van der Waals surface area contributed by atoms with Crippen LogP contribution in [0.25, 0.3) is 22.0 Å². The smallest absolute Gasteiger partial charge is 0.254 e. The van der Waals surface area contributed by atoms with Gasteiger partial charge in [0.15, 0.2) is 5.82 Å². The van der Waals surface area contributed by atoms with Crippen molar-refractivity contribution in [1.29, 1.82) is 0 Å². The van der Waals surface area contributed by atoms with Gasteiger partial charge in [-0.15, -0.1) is 10.2 Å². The summed E-state index contributed by atoms with van der Waals surface area (Å²) in [7, 11) is 0. The number of nitrogens with zero attached hydrogens (tertiary/aromatic N) is 4. The topological polar surface area (TPSA) is 49.3 Å². The van der Waals surface area contributed by atoms with Crippen LogP contribution in [0.15, 0.2) is 72.8 Å². The number of piperazine rings is 1. The summed E-state index contributed by atoms with van der Waals surface area (Å²) in [5.41, 5.74) is 2.35. The first-order chi connectivity index (χ1) is 16.0. The largest absolute Gasteiger partial charge is 0.351 e. The molecular weight excluding hydrogens is 455 g/mol. The summed E-state index contributed by atoms with van der Waals surface area (Å²) in [5, 5.41) is 12.2. The summed E-state index contributed by atoms with van der Waals surface area (Å²) in [5.74, 6) is 0.890. The summed E-state index contributed by atoms with van der Waals surface area (Å²) in [6.07, 6.45) is 0. The molecule has 3 aromatic carbocycles. The molecule has 7 heteroatoms. The number of aromatic nitrogens is 2. The number of benzene rings is 3. The number of amides is 1. The van der Waals surface area contributed by atoms with Crippen molar-refractivity contribution in [3.05, 3.63) is 88.4 Å². The average molecular weight is 477 g/mol. The predicted octanol–water partition coefficient (Wildman–Crippen LogP) is 5.95. The third kappa shape index (κ3) is 4.14. The molecule has 1 aliphatic heterocycles. The molecule has 1 aliphatic rings. The maximum absolute atomic E-state index is 13.0. The van der Waals surface area contributed by atoms with E-state index in [0.717, 1.165) is 27.8 Å². The monoisotopic (exact) mass is 476 g/mol. The van der Waals surface area contributed by atoms with Crippen LogP contribution in [0.4, 0.5) is 5.82 Å². The van der Waals surface area contributed by atoms with E-state index in [1.807, 2.05) is 65.6 Å². The molecule has 1 fully saturated rings. The Hall–Kier alpha value is -3.15. The molecule has 0 spiro atoms. The molecule has 5 nitrogen and oxygen atoms in total. The van der Waals surface area contributed by atoms with Crippen LogP contribution >= 0.6 is 23.2 Å². The molecule has 0 radical (unpaired) electrons. The van der Waals surface area contributed by atoms with Crippen molar-refractivity contribution >= 4 is 45.7 Å². The molecule has 0 aliphatic carbocycles. The lowest BCUT2D eigenvalue weighted by molar-refractivity contribution is 0.0674. The van der Waals surface area contributed by atoms with Crippen molar-refractivity contribution in [2.24, 2.45) is 0 Å². The number of halogens is 2. The average Bonchev–Trinajstić information content (AvgIpc) is 2.85. The second-order valence-electron chi connectivity index (χ2n) is 8.21. The molecule has 0 N–H and O–H groups in total. The standard InChI is InChI=1S/C26H22Cl2N4O/c1-17-16-31(13-14-32(17)26(33)18-7-3-2-4-8-18)25-21-10-6-5-9-20(21)24(29-30-25)19-11-12-22(27)23(28)15-19/h2-12,15,17H,13-14,16H2,1H3/t17-/m0/s1. The highest BCUT2D eigenvalue weighted by molar-refractivity contribution is 6.42. The number of hydrogen-bond acceptors (Lipinski definition) is 4.